The number of amides is 1. The van der Waals surface area contributed by atoms with Crippen LogP contribution in [0.1, 0.15) is 21.6 Å². The Morgan fingerprint density at radius 2 is 1.79 bits per heavy atom. The molecule has 3 rings (SSSR count). The molecular formula is C21H13F3N3O2. The number of rotatable bonds is 5. The normalized spacial score (nSPS) is 10.8. The Balaban J connectivity index is 1.68. The van der Waals surface area contributed by atoms with E-state index in [1.165, 1.54) is 36.4 Å². The van der Waals surface area contributed by atoms with Crippen LogP contribution in [0.5, 0.6) is 5.75 Å². The van der Waals surface area contributed by atoms with E-state index in [0.717, 1.165) is 5.56 Å². The van der Waals surface area contributed by atoms with Crippen LogP contribution in [0.2, 0.25) is 0 Å². The first-order valence-electron chi connectivity index (χ1n) is 8.35. The first-order valence-corrected chi connectivity index (χ1v) is 8.35. The lowest BCUT2D eigenvalue weighted by Gasteiger charge is -2.10. The molecule has 5 nitrogen and oxygen atoms in total. The van der Waals surface area contributed by atoms with E-state index in [2.05, 4.69) is 21.2 Å². The predicted molar refractivity (Wildman–Crippen MR) is 97.5 cm³/mol. The Morgan fingerprint density at radius 1 is 1.10 bits per heavy atom. The molecule has 0 aliphatic carbocycles. The van der Waals surface area contributed by atoms with Crippen LogP contribution < -0.4 is 10.1 Å². The molecule has 0 saturated carbocycles. The number of nitriles is 1. The van der Waals surface area contributed by atoms with Crippen molar-refractivity contribution >= 4 is 5.91 Å². The Morgan fingerprint density at radius 3 is 2.41 bits per heavy atom. The van der Waals surface area contributed by atoms with Gasteiger partial charge < -0.3 is 10.1 Å². The van der Waals surface area contributed by atoms with Crippen molar-refractivity contribution in [1.29, 1.82) is 5.26 Å². The summed E-state index contributed by atoms with van der Waals surface area (Å²) in [6.07, 6.45) is -2.14. The van der Waals surface area contributed by atoms with Gasteiger partial charge in [-0.25, -0.2) is 4.98 Å². The second kappa shape index (κ2) is 8.44. The molecule has 1 amide bonds. The third-order valence-corrected chi connectivity index (χ3v) is 3.89. The van der Waals surface area contributed by atoms with E-state index < -0.39 is 12.3 Å². The Bertz CT molecular complexity index is 1040. The Labute approximate surface area is 164 Å². The summed E-state index contributed by atoms with van der Waals surface area (Å²) in [5.74, 6) is -0.760. The minimum absolute atomic E-state index is 0.117. The standard InChI is InChI=1S/C21H13F3N3O2/c22-21(23,24)29-18-7-5-16(6-8-18)17-9-10-26-19(11-17)20(28)27-13-15-3-1-14(12-25)2-4-15/h1-9,11H,13H2,(H,27,28). The molecular weight excluding hydrogens is 383 g/mol. The summed E-state index contributed by atoms with van der Waals surface area (Å²) in [5, 5.41) is 11.5. The molecule has 145 valence electrons. The van der Waals surface area contributed by atoms with Crippen LogP contribution in [-0.2, 0) is 6.54 Å². The van der Waals surface area contributed by atoms with Crippen molar-refractivity contribution in [2.75, 3.05) is 0 Å². The Hall–Kier alpha value is -3.86. The molecule has 8 heteroatoms. The van der Waals surface area contributed by atoms with Crippen molar-refractivity contribution in [2.45, 2.75) is 12.9 Å². The highest BCUT2D eigenvalue weighted by atomic mass is 19.4. The van der Waals surface area contributed by atoms with Crippen molar-refractivity contribution in [3.8, 4) is 22.9 Å². The fourth-order valence-electron chi connectivity index (χ4n) is 2.49. The van der Waals surface area contributed by atoms with Gasteiger partial charge in [0, 0.05) is 6.54 Å². The molecule has 1 radical (unpaired) electrons. The first kappa shape index (κ1) is 19.9. The van der Waals surface area contributed by atoms with Gasteiger partial charge in [0.25, 0.3) is 5.91 Å². The van der Waals surface area contributed by atoms with E-state index in [4.69, 9.17) is 5.26 Å². The number of carbonyl (C=O) groups is 1. The summed E-state index contributed by atoms with van der Waals surface area (Å²) < 4.78 is 40.6. The summed E-state index contributed by atoms with van der Waals surface area (Å²) in [5.41, 5.74) is 2.61. The van der Waals surface area contributed by atoms with Gasteiger partial charge in [-0.2, -0.15) is 5.26 Å². The molecule has 1 N–H and O–H groups in total. The van der Waals surface area contributed by atoms with Gasteiger partial charge >= 0.3 is 6.36 Å². The molecule has 0 saturated heterocycles. The summed E-state index contributed by atoms with van der Waals surface area (Å²) in [7, 11) is 0. The SMILES string of the molecule is N#Cc1ccc(CNC(=O)c2cc(-c3ccc(OC(F)(F)F)cc3)c[c]n2)cc1. The van der Waals surface area contributed by atoms with Crippen LogP contribution >= 0.6 is 0 Å². The third-order valence-electron chi connectivity index (χ3n) is 3.89. The average Bonchev–Trinajstić information content (AvgIpc) is 2.72. The predicted octanol–water partition coefficient (Wildman–Crippen LogP) is 4.25. The lowest BCUT2D eigenvalue weighted by Crippen LogP contribution is -2.23. The van der Waals surface area contributed by atoms with Crippen molar-refractivity contribution in [3.05, 3.63) is 83.7 Å². The quantitative estimate of drug-likeness (QED) is 0.700. The largest absolute Gasteiger partial charge is 0.573 e. The van der Waals surface area contributed by atoms with Crippen LogP contribution in [0.25, 0.3) is 11.1 Å². The summed E-state index contributed by atoms with van der Waals surface area (Å²) in [4.78, 5) is 16.3. The number of hydrogen-bond donors (Lipinski definition) is 1. The molecule has 3 aromatic rings. The van der Waals surface area contributed by atoms with E-state index in [-0.39, 0.29) is 18.0 Å². The first-order chi connectivity index (χ1) is 13.8. The zero-order valence-corrected chi connectivity index (χ0v) is 14.8. The van der Waals surface area contributed by atoms with Gasteiger partial charge in [-0.1, -0.05) is 24.3 Å². The molecule has 0 unspecified atom stereocenters. The third kappa shape index (κ3) is 5.56. The lowest BCUT2D eigenvalue weighted by molar-refractivity contribution is -0.274. The zero-order chi connectivity index (χ0) is 20.9. The maximum atomic E-state index is 12.3. The van der Waals surface area contributed by atoms with Crippen LogP contribution in [-0.4, -0.2) is 17.3 Å². The molecule has 0 spiro atoms. The van der Waals surface area contributed by atoms with Crippen LogP contribution in [0.4, 0.5) is 13.2 Å². The monoisotopic (exact) mass is 396 g/mol. The number of ether oxygens (including phenoxy) is 1. The number of nitrogens with zero attached hydrogens (tertiary/aromatic N) is 2. The van der Waals surface area contributed by atoms with E-state index >= 15 is 0 Å². The number of benzene rings is 2. The highest BCUT2D eigenvalue weighted by Crippen LogP contribution is 2.26. The maximum Gasteiger partial charge on any atom is 0.573 e. The van der Waals surface area contributed by atoms with E-state index in [0.29, 0.717) is 16.7 Å². The molecule has 29 heavy (non-hydrogen) atoms. The van der Waals surface area contributed by atoms with Crippen LogP contribution in [0.15, 0.2) is 60.7 Å². The van der Waals surface area contributed by atoms with Gasteiger partial charge in [-0.3, -0.25) is 4.79 Å². The van der Waals surface area contributed by atoms with Crippen molar-refractivity contribution in [2.24, 2.45) is 0 Å². The fraction of sp³-hybridized carbons (Fsp3) is 0.0952. The molecule has 0 aliphatic rings. The van der Waals surface area contributed by atoms with Gasteiger partial charge in [0.05, 0.1) is 17.8 Å². The maximum absolute atomic E-state index is 12.3. The molecule has 1 heterocycles. The second-order valence-corrected chi connectivity index (χ2v) is 5.93. The van der Waals surface area contributed by atoms with Gasteiger partial charge in [0.1, 0.15) is 11.4 Å². The minimum Gasteiger partial charge on any atom is -0.406 e. The smallest absolute Gasteiger partial charge is 0.406 e. The molecule has 1 aromatic heterocycles. The number of pyridine rings is 1. The zero-order valence-electron chi connectivity index (χ0n) is 14.8. The molecule has 0 atom stereocenters. The topological polar surface area (TPSA) is 75.0 Å². The number of alkyl halides is 3. The molecule has 0 bridgehead atoms. The Kier molecular flexibility index (Phi) is 5.79. The lowest BCUT2D eigenvalue weighted by atomic mass is 10.1. The fourth-order valence-corrected chi connectivity index (χ4v) is 2.49. The van der Waals surface area contributed by atoms with Gasteiger partial charge in [0.15, 0.2) is 0 Å². The highest BCUT2D eigenvalue weighted by molar-refractivity contribution is 5.93. The van der Waals surface area contributed by atoms with Crippen LogP contribution in [0.3, 0.4) is 0 Å². The number of nitrogens with one attached hydrogen (secondary N) is 1. The molecule has 0 fully saturated rings. The van der Waals surface area contributed by atoms with Gasteiger partial charge in [0.2, 0.25) is 0 Å². The van der Waals surface area contributed by atoms with Gasteiger partial charge in [-0.15, -0.1) is 13.2 Å². The number of carbonyl (C=O) groups excluding carboxylic acids is 1. The van der Waals surface area contributed by atoms with E-state index in [9.17, 15) is 18.0 Å². The summed E-state index contributed by atoms with van der Waals surface area (Å²) in [6.45, 7) is 0.250. The second-order valence-electron chi connectivity index (χ2n) is 5.93. The molecule has 0 aliphatic heterocycles. The number of halogens is 3. The van der Waals surface area contributed by atoms with Crippen molar-refractivity contribution < 1.29 is 22.7 Å². The number of hydrogen-bond acceptors (Lipinski definition) is 4. The number of aromatic nitrogens is 1. The minimum atomic E-state index is -4.76. The summed E-state index contributed by atoms with van der Waals surface area (Å²) >= 11 is 0. The van der Waals surface area contributed by atoms with Crippen LogP contribution in [0, 0.1) is 17.5 Å². The highest BCUT2D eigenvalue weighted by Gasteiger charge is 2.30. The van der Waals surface area contributed by atoms with Gasteiger partial charge in [-0.05, 0) is 53.1 Å². The van der Waals surface area contributed by atoms with E-state index in [1.807, 2.05) is 6.07 Å². The van der Waals surface area contributed by atoms with Crippen molar-refractivity contribution in [3.63, 3.8) is 0 Å². The van der Waals surface area contributed by atoms with Crippen molar-refractivity contribution in [1.82, 2.24) is 10.3 Å². The van der Waals surface area contributed by atoms with E-state index in [1.54, 1.807) is 24.3 Å². The average molecular weight is 396 g/mol. The molecule has 2 aromatic carbocycles. The summed E-state index contributed by atoms with van der Waals surface area (Å²) in [6, 6.07) is 17.1.